The SMILES string of the molecule is Cc1c(CN)cccc1-c1cnn(CCc2ccccc2)c1.Cl. The van der Waals surface area contributed by atoms with Gasteiger partial charge in [0.05, 0.1) is 6.20 Å². The Morgan fingerprint density at radius 1 is 1.04 bits per heavy atom. The Morgan fingerprint density at radius 2 is 1.83 bits per heavy atom. The van der Waals surface area contributed by atoms with E-state index in [4.69, 9.17) is 5.73 Å². The molecule has 0 aliphatic heterocycles. The molecular weight excluding hydrogens is 306 g/mol. The first-order chi connectivity index (χ1) is 10.8. The van der Waals surface area contributed by atoms with Gasteiger partial charge in [0.1, 0.15) is 0 Å². The Balaban J connectivity index is 0.00000192. The van der Waals surface area contributed by atoms with Gasteiger partial charge in [-0.15, -0.1) is 12.4 Å². The summed E-state index contributed by atoms with van der Waals surface area (Å²) in [6.07, 6.45) is 5.04. The van der Waals surface area contributed by atoms with Crippen molar-refractivity contribution in [2.75, 3.05) is 0 Å². The summed E-state index contributed by atoms with van der Waals surface area (Å²) in [6, 6.07) is 16.8. The molecule has 0 amide bonds. The Bertz CT molecular complexity index is 750. The van der Waals surface area contributed by atoms with E-state index < -0.39 is 0 Å². The predicted molar refractivity (Wildman–Crippen MR) is 97.7 cm³/mol. The van der Waals surface area contributed by atoms with E-state index in [1.165, 1.54) is 22.3 Å². The lowest BCUT2D eigenvalue weighted by Crippen LogP contribution is -2.01. The van der Waals surface area contributed by atoms with Gasteiger partial charge in [-0.05, 0) is 35.6 Å². The van der Waals surface area contributed by atoms with Crippen molar-refractivity contribution >= 4 is 12.4 Å². The smallest absolute Gasteiger partial charge is 0.0568 e. The number of aromatic nitrogens is 2. The molecule has 3 aromatic rings. The van der Waals surface area contributed by atoms with Gasteiger partial charge in [0.15, 0.2) is 0 Å². The summed E-state index contributed by atoms with van der Waals surface area (Å²) in [5.41, 5.74) is 11.9. The van der Waals surface area contributed by atoms with E-state index in [2.05, 4.69) is 60.7 Å². The van der Waals surface area contributed by atoms with Crippen molar-refractivity contribution in [3.8, 4) is 11.1 Å². The van der Waals surface area contributed by atoms with Crippen LogP contribution in [0.2, 0.25) is 0 Å². The molecule has 0 aliphatic carbocycles. The van der Waals surface area contributed by atoms with Crippen LogP contribution in [0.5, 0.6) is 0 Å². The molecule has 0 saturated heterocycles. The normalized spacial score (nSPS) is 10.3. The maximum atomic E-state index is 5.79. The molecule has 0 radical (unpaired) electrons. The zero-order valence-corrected chi connectivity index (χ0v) is 14.1. The number of nitrogens with zero attached hydrogens (tertiary/aromatic N) is 2. The summed E-state index contributed by atoms with van der Waals surface area (Å²) in [6.45, 7) is 3.58. The highest BCUT2D eigenvalue weighted by molar-refractivity contribution is 5.85. The van der Waals surface area contributed by atoms with Crippen LogP contribution in [0.4, 0.5) is 0 Å². The molecule has 0 atom stereocenters. The highest BCUT2D eigenvalue weighted by Crippen LogP contribution is 2.25. The Labute approximate surface area is 143 Å². The number of halogens is 1. The quantitative estimate of drug-likeness (QED) is 0.770. The van der Waals surface area contributed by atoms with Crippen molar-refractivity contribution < 1.29 is 0 Å². The minimum Gasteiger partial charge on any atom is -0.326 e. The third-order valence-corrected chi connectivity index (χ3v) is 4.08. The van der Waals surface area contributed by atoms with Crippen LogP contribution in [0, 0.1) is 6.92 Å². The van der Waals surface area contributed by atoms with E-state index in [0.29, 0.717) is 6.54 Å². The number of hydrogen-bond donors (Lipinski definition) is 1. The van der Waals surface area contributed by atoms with Gasteiger partial charge in [0.25, 0.3) is 0 Å². The van der Waals surface area contributed by atoms with Crippen molar-refractivity contribution in [3.05, 3.63) is 77.6 Å². The second-order valence-corrected chi connectivity index (χ2v) is 5.52. The van der Waals surface area contributed by atoms with Crippen LogP contribution in [-0.2, 0) is 19.5 Å². The molecule has 1 heterocycles. The van der Waals surface area contributed by atoms with Crippen molar-refractivity contribution in [2.24, 2.45) is 5.73 Å². The Hall–Kier alpha value is -2.10. The van der Waals surface area contributed by atoms with Gasteiger partial charge in [-0.3, -0.25) is 4.68 Å². The molecule has 0 aliphatic rings. The summed E-state index contributed by atoms with van der Waals surface area (Å²) in [7, 11) is 0. The first-order valence-electron chi connectivity index (χ1n) is 7.63. The van der Waals surface area contributed by atoms with E-state index in [1.807, 2.05) is 16.9 Å². The highest BCUT2D eigenvalue weighted by Gasteiger charge is 2.07. The van der Waals surface area contributed by atoms with Gasteiger partial charge >= 0.3 is 0 Å². The highest BCUT2D eigenvalue weighted by atomic mass is 35.5. The van der Waals surface area contributed by atoms with Crippen LogP contribution in [0.25, 0.3) is 11.1 Å². The first kappa shape index (κ1) is 17.3. The largest absolute Gasteiger partial charge is 0.326 e. The van der Waals surface area contributed by atoms with Gasteiger partial charge in [-0.2, -0.15) is 5.10 Å². The van der Waals surface area contributed by atoms with Gasteiger partial charge in [0, 0.05) is 24.8 Å². The van der Waals surface area contributed by atoms with Crippen LogP contribution in [0.1, 0.15) is 16.7 Å². The fraction of sp³-hybridized carbons (Fsp3) is 0.211. The van der Waals surface area contributed by atoms with E-state index in [0.717, 1.165) is 18.5 Å². The third kappa shape index (κ3) is 4.01. The number of hydrogen-bond acceptors (Lipinski definition) is 2. The summed E-state index contributed by atoms with van der Waals surface area (Å²) >= 11 is 0. The molecule has 4 heteroatoms. The average molecular weight is 328 g/mol. The summed E-state index contributed by atoms with van der Waals surface area (Å²) in [5, 5.41) is 4.49. The zero-order valence-electron chi connectivity index (χ0n) is 13.3. The lowest BCUT2D eigenvalue weighted by molar-refractivity contribution is 0.615. The zero-order chi connectivity index (χ0) is 15.4. The predicted octanol–water partition coefficient (Wildman–Crippen LogP) is 3.98. The molecule has 1 aromatic heterocycles. The van der Waals surface area contributed by atoms with E-state index in [9.17, 15) is 0 Å². The second kappa shape index (κ2) is 7.95. The van der Waals surface area contributed by atoms with Crippen LogP contribution < -0.4 is 5.73 Å². The van der Waals surface area contributed by atoms with Crippen LogP contribution in [-0.4, -0.2) is 9.78 Å². The van der Waals surface area contributed by atoms with E-state index in [1.54, 1.807) is 0 Å². The maximum absolute atomic E-state index is 5.79. The molecule has 3 rings (SSSR count). The minimum atomic E-state index is 0. The lowest BCUT2D eigenvalue weighted by atomic mass is 9.99. The topological polar surface area (TPSA) is 43.8 Å². The third-order valence-electron chi connectivity index (χ3n) is 4.08. The molecule has 0 spiro atoms. The molecule has 2 N–H and O–H groups in total. The Kier molecular flexibility index (Phi) is 5.97. The molecule has 0 fully saturated rings. The van der Waals surface area contributed by atoms with Crippen molar-refractivity contribution in [1.29, 1.82) is 0 Å². The molecule has 0 bridgehead atoms. The Morgan fingerprint density at radius 3 is 2.57 bits per heavy atom. The van der Waals surface area contributed by atoms with Gasteiger partial charge in [-0.25, -0.2) is 0 Å². The van der Waals surface area contributed by atoms with Crippen molar-refractivity contribution in [3.63, 3.8) is 0 Å². The molecular formula is C19H22ClN3. The van der Waals surface area contributed by atoms with Crippen LogP contribution in [0.15, 0.2) is 60.9 Å². The van der Waals surface area contributed by atoms with Crippen molar-refractivity contribution in [2.45, 2.75) is 26.4 Å². The van der Waals surface area contributed by atoms with Gasteiger partial charge < -0.3 is 5.73 Å². The van der Waals surface area contributed by atoms with Crippen molar-refractivity contribution in [1.82, 2.24) is 9.78 Å². The van der Waals surface area contributed by atoms with Crippen LogP contribution >= 0.6 is 12.4 Å². The minimum absolute atomic E-state index is 0. The fourth-order valence-electron chi connectivity index (χ4n) is 2.73. The monoisotopic (exact) mass is 327 g/mol. The molecule has 2 aromatic carbocycles. The second-order valence-electron chi connectivity index (χ2n) is 5.52. The average Bonchev–Trinajstić information content (AvgIpc) is 3.03. The van der Waals surface area contributed by atoms with Gasteiger partial charge in [0.2, 0.25) is 0 Å². The number of aryl methyl sites for hydroxylation is 2. The molecule has 0 unspecified atom stereocenters. The summed E-state index contributed by atoms with van der Waals surface area (Å²) in [4.78, 5) is 0. The maximum Gasteiger partial charge on any atom is 0.0568 e. The molecule has 0 saturated carbocycles. The summed E-state index contributed by atoms with van der Waals surface area (Å²) < 4.78 is 2.01. The number of nitrogens with two attached hydrogens (primary N) is 1. The molecule has 3 nitrogen and oxygen atoms in total. The standard InChI is InChI=1S/C19H21N3.ClH/c1-15-17(12-20)8-5-9-19(15)18-13-21-22(14-18)11-10-16-6-3-2-4-7-16;/h2-9,13-14H,10-12,20H2,1H3;1H. The van der Waals surface area contributed by atoms with E-state index in [-0.39, 0.29) is 12.4 Å². The lowest BCUT2D eigenvalue weighted by Gasteiger charge is -2.08. The number of rotatable bonds is 5. The molecule has 120 valence electrons. The summed E-state index contributed by atoms with van der Waals surface area (Å²) in [5.74, 6) is 0. The van der Waals surface area contributed by atoms with E-state index >= 15 is 0 Å². The number of benzene rings is 2. The van der Waals surface area contributed by atoms with Gasteiger partial charge in [-0.1, -0.05) is 48.5 Å². The fourth-order valence-corrected chi connectivity index (χ4v) is 2.73. The first-order valence-corrected chi connectivity index (χ1v) is 7.63. The van der Waals surface area contributed by atoms with Crippen LogP contribution in [0.3, 0.4) is 0 Å². The molecule has 23 heavy (non-hydrogen) atoms.